The molecule has 0 aliphatic carbocycles. The van der Waals surface area contributed by atoms with Gasteiger partial charge in [-0.1, -0.05) is 30.3 Å². The predicted octanol–water partition coefficient (Wildman–Crippen LogP) is 2.90. The van der Waals surface area contributed by atoms with Crippen LogP contribution in [0.25, 0.3) is 0 Å². The molecule has 1 atom stereocenters. The van der Waals surface area contributed by atoms with Gasteiger partial charge in [0, 0.05) is 26.2 Å². The fourth-order valence-corrected chi connectivity index (χ4v) is 3.48. The number of benzene rings is 1. The van der Waals surface area contributed by atoms with Gasteiger partial charge in [-0.05, 0) is 32.8 Å². The summed E-state index contributed by atoms with van der Waals surface area (Å²) >= 11 is 0. The number of morpholine rings is 1. The Balaban J connectivity index is 1.59. The zero-order chi connectivity index (χ0) is 17.2. The van der Waals surface area contributed by atoms with Crippen LogP contribution in [0.5, 0.6) is 0 Å². The topological polar surface area (TPSA) is 42.0 Å². The van der Waals surface area contributed by atoms with Crippen LogP contribution < -0.4 is 0 Å². The normalized spacial score (nSPS) is 25.2. The van der Waals surface area contributed by atoms with Crippen molar-refractivity contribution in [2.24, 2.45) is 0 Å². The summed E-state index contributed by atoms with van der Waals surface area (Å²) in [4.78, 5) is 16.6. The van der Waals surface area contributed by atoms with E-state index in [1.807, 2.05) is 26.8 Å². The van der Waals surface area contributed by atoms with Crippen LogP contribution in [0.3, 0.4) is 0 Å². The van der Waals surface area contributed by atoms with Crippen molar-refractivity contribution in [3.05, 3.63) is 35.9 Å². The molecule has 2 aliphatic rings. The molecule has 5 nitrogen and oxygen atoms in total. The number of likely N-dealkylation sites (tertiary alicyclic amines) is 1. The van der Waals surface area contributed by atoms with Crippen LogP contribution in [0.1, 0.15) is 32.8 Å². The van der Waals surface area contributed by atoms with Crippen LogP contribution in [-0.2, 0) is 16.0 Å². The largest absolute Gasteiger partial charge is 0.444 e. The van der Waals surface area contributed by atoms with Crippen LogP contribution >= 0.6 is 0 Å². The molecule has 1 aromatic carbocycles. The monoisotopic (exact) mass is 332 g/mol. The first-order valence-corrected chi connectivity index (χ1v) is 8.73. The molecular formula is C19H28N2O3. The molecule has 1 spiro atoms. The van der Waals surface area contributed by atoms with Gasteiger partial charge >= 0.3 is 6.09 Å². The molecule has 0 saturated carbocycles. The van der Waals surface area contributed by atoms with Crippen LogP contribution in [0.15, 0.2) is 30.3 Å². The number of rotatable bonds is 2. The van der Waals surface area contributed by atoms with Gasteiger partial charge in [0.05, 0.1) is 18.8 Å². The van der Waals surface area contributed by atoms with Gasteiger partial charge in [0.25, 0.3) is 0 Å². The number of ether oxygens (including phenoxy) is 2. The highest BCUT2D eigenvalue weighted by Gasteiger charge is 2.44. The molecule has 0 aromatic heterocycles. The Bertz CT molecular complexity index is 570. The lowest BCUT2D eigenvalue weighted by Crippen LogP contribution is -2.55. The summed E-state index contributed by atoms with van der Waals surface area (Å²) in [5.74, 6) is 0. The average Bonchev–Trinajstić information content (AvgIpc) is 2.89. The van der Waals surface area contributed by atoms with Crippen LogP contribution in [0, 0.1) is 0 Å². The van der Waals surface area contributed by atoms with Crippen molar-refractivity contribution >= 4 is 6.09 Å². The van der Waals surface area contributed by atoms with Gasteiger partial charge in [-0.3, -0.25) is 4.90 Å². The van der Waals surface area contributed by atoms with Crippen molar-refractivity contribution in [3.63, 3.8) is 0 Å². The molecule has 1 unspecified atom stereocenters. The lowest BCUT2D eigenvalue weighted by atomic mass is 10.0. The van der Waals surface area contributed by atoms with E-state index in [1.54, 1.807) is 4.90 Å². The van der Waals surface area contributed by atoms with Crippen LogP contribution in [0.2, 0.25) is 0 Å². The third-order valence-electron chi connectivity index (χ3n) is 4.54. The molecule has 1 aromatic rings. The Kier molecular flexibility index (Phi) is 4.83. The zero-order valence-electron chi connectivity index (χ0n) is 15.0. The molecule has 3 rings (SSSR count). The minimum atomic E-state index is -0.461. The molecular weight excluding hydrogens is 304 g/mol. The van der Waals surface area contributed by atoms with Gasteiger partial charge in [-0.15, -0.1) is 0 Å². The first-order chi connectivity index (χ1) is 11.4. The summed E-state index contributed by atoms with van der Waals surface area (Å²) in [6.07, 6.45) is 0.728. The fourth-order valence-electron chi connectivity index (χ4n) is 3.48. The Morgan fingerprint density at radius 2 is 1.96 bits per heavy atom. The standard InChI is InChI=1S/C19H28N2O3/c1-18(2,3)24-17(22)21-11-12-23-19(15-21)9-10-20(14-19)13-16-7-5-4-6-8-16/h4-8H,9-15H2,1-3H3. The summed E-state index contributed by atoms with van der Waals surface area (Å²) in [6.45, 7) is 10.3. The van der Waals surface area contributed by atoms with E-state index in [4.69, 9.17) is 9.47 Å². The summed E-state index contributed by atoms with van der Waals surface area (Å²) < 4.78 is 11.6. The second kappa shape index (κ2) is 6.73. The third-order valence-corrected chi connectivity index (χ3v) is 4.54. The van der Waals surface area contributed by atoms with Gasteiger partial charge < -0.3 is 14.4 Å². The molecule has 0 bridgehead atoms. The molecule has 5 heteroatoms. The number of amides is 1. The first kappa shape index (κ1) is 17.2. The van der Waals surface area contributed by atoms with Gasteiger partial charge in [0.1, 0.15) is 5.60 Å². The van der Waals surface area contributed by atoms with Crippen molar-refractivity contribution in [2.75, 3.05) is 32.8 Å². The molecule has 2 aliphatic heterocycles. The van der Waals surface area contributed by atoms with Crippen molar-refractivity contribution < 1.29 is 14.3 Å². The third kappa shape index (κ3) is 4.28. The second-order valence-corrected chi connectivity index (χ2v) is 7.88. The highest BCUT2D eigenvalue weighted by Crippen LogP contribution is 2.30. The molecule has 0 radical (unpaired) electrons. The second-order valence-electron chi connectivity index (χ2n) is 7.88. The van der Waals surface area contributed by atoms with E-state index in [2.05, 4.69) is 29.2 Å². The molecule has 132 valence electrons. The Morgan fingerprint density at radius 3 is 2.67 bits per heavy atom. The van der Waals surface area contributed by atoms with E-state index < -0.39 is 5.60 Å². The lowest BCUT2D eigenvalue weighted by molar-refractivity contribution is -0.101. The summed E-state index contributed by atoms with van der Waals surface area (Å²) in [7, 11) is 0. The van der Waals surface area contributed by atoms with Crippen molar-refractivity contribution in [2.45, 2.75) is 44.9 Å². The molecule has 1 amide bonds. The maximum Gasteiger partial charge on any atom is 0.410 e. The van der Waals surface area contributed by atoms with Gasteiger partial charge in [0.15, 0.2) is 0 Å². The highest BCUT2D eigenvalue weighted by atomic mass is 16.6. The molecule has 2 heterocycles. The predicted molar refractivity (Wildman–Crippen MR) is 92.8 cm³/mol. The molecule has 2 saturated heterocycles. The van der Waals surface area contributed by atoms with E-state index in [1.165, 1.54) is 5.56 Å². The quantitative estimate of drug-likeness (QED) is 0.835. The number of nitrogens with zero attached hydrogens (tertiary/aromatic N) is 2. The Morgan fingerprint density at radius 1 is 1.21 bits per heavy atom. The maximum absolute atomic E-state index is 12.4. The number of carbonyl (C=O) groups excluding carboxylic acids is 1. The van der Waals surface area contributed by atoms with Crippen molar-refractivity contribution in [1.82, 2.24) is 9.80 Å². The fraction of sp³-hybridized carbons (Fsp3) is 0.632. The molecule has 2 fully saturated rings. The SMILES string of the molecule is CC(C)(C)OC(=O)N1CCOC2(CCN(Cc3ccccc3)C2)C1. The first-order valence-electron chi connectivity index (χ1n) is 8.73. The van der Waals surface area contributed by atoms with E-state index >= 15 is 0 Å². The van der Waals surface area contributed by atoms with Gasteiger partial charge in [0.2, 0.25) is 0 Å². The molecule has 24 heavy (non-hydrogen) atoms. The van der Waals surface area contributed by atoms with E-state index in [0.29, 0.717) is 19.7 Å². The van der Waals surface area contributed by atoms with Crippen molar-refractivity contribution in [3.8, 4) is 0 Å². The Labute approximate surface area is 144 Å². The van der Waals surface area contributed by atoms with E-state index in [-0.39, 0.29) is 11.7 Å². The van der Waals surface area contributed by atoms with Gasteiger partial charge in [-0.2, -0.15) is 0 Å². The van der Waals surface area contributed by atoms with E-state index in [0.717, 1.165) is 26.1 Å². The maximum atomic E-state index is 12.4. The summed E-state index contributed by atoms with van der Waals surface area (Å²) in [5, 5.41) is 0. The minimum Gasteiger partial charge on any atom is -0.444 e. The number of hydrogen-bond donors (Lipinski definition) is 0. The van der Waals surface area contributed by atoms with Crippen LogP contribution in [0.4, 0.5) is 4.79 Å². The minimum absolute atomic E-state index is 0.230. The van der Waals surface area contributed by atoms with E-state index in [9.17, 15) is 4.79 Å². The molecule has 0 N–H and O–H groups in total. The average molecular weight is 332 g/mol. The van der Waals surface area contributed by atoms with Gasteiger partial charge in [-0.25, -0.2) is 4.79 Å². The van der Waals surface area contributed by atoms with Crippen LogP contribution in [-0.4, -0.2) is 59.9 Å². The smallest absolute Gasteiger partial charge is 0.410 e. The summed E-state index contributed by atoms with van der Waals surface area (Å²) in [5.41, 5.74) is 0.607. The summed E-state index contributed by atoms with van der Waals surface area (Å²) in [6, 6.07) is 10.5. The Hall–Kier alpha value is -1.59. The number of carbonyl (C=O) groups is 1. The van der Waals surface area contributed by atoms with Crippen molar-refractivity contribution in [1.29, 1.82) is 0 Å². The number of hydrogen-bond acceptors (Lipinski definition) is 4. The highest BCUT2D eigenvalue weighted by molar-refractivity contribution is 5.68. The zero-order valence-corrected chi connectivity index (χ0v) is 15.0. The lowest BCUT2D eigenvalue weighted by Gasteiger charge is -2.40.